The fourth-order valence-corrected chi connectivity index (χ4v) is 1.93. The molecule has 4 nitrogen and oxygen atoms in total. The van der Waals surface area contributed by atoms with Crippen LogP contribution in [0.2, 0.25) is 0 Å². The summed E-state index contributed by atoms with van der Waals surface area (Å²) in [7, 11) is 0. The van der Waals surface area contributed by atoms with Crippen molar-refractivity contribution < 1.29 is 0 Å². The molecule has 2 heterocycles. The SMILES string of the molecule is CCNc1nc(-c2ccncc2C)ns1. The lowest BCUT2D eigenvalue weighted by atomic mass is 10.1. The third kappa shape index (κ3) is 2.12. The first kappa shape index (κ1) is 10.0. The molecule has 0 aliphatic rings. The van der Waals surface area contributed by atoms with Crippen molar-refractivity contribution in [2.45, 2.75) is 13.8 Å². The van der Waals surface area contributed by atoms with E-state index < -0.39 is 0 Å². The average Bonchev–Trinajstić information content (AvgIpc) is 2.68. The number of pyridine rings is 1. The number of nitrogens with one attached hydrogen (secondary N) is 1. The molecule has 0 aliphatic carbocycles. The first-order valence-electron chi connectivity index (χ1n) is 4.80. The second-order valence-electron chi connectivity index (χ2n) is 3.14. The third-order valence-electron chi connectivity index (χ3n) is 2.02. The number of aromatic nitrogens is 3. The highest BCUT2D eigenvalue weighted by molar-refractivity contribution is 7.09. The maximum absolute atomic E-state index is 4.40. The van der Waals surface area contributed by atoms with E-state index in [4.69, 9.17) is 0 Å². The molecule has 2 aromatic rings. The number of anilines is 1. The van der Waals surface area contributed by atoms with E-state index in [-0.39, 0.29) is 0 Å². The van der Waals surface area contributed by atoms with Crippen molar-refractivity contribution in [2.75, 3.05) is 11.9 Å². The Balaban J connectivity index is 2.33. The zero-order valence-corrected chi connectivity index (χ0v) is 9.51. The fraction of sp³-hybridized carbons (Fsp3) is 0.300. The van der Waals surface area contributed by atoms with E-state index in [2.05, 4.69) is 19.7 Å². The van der Waals surface area contributed by atoms with Gasteiger partial charge in [-0.15, -0.1) is 0 Å². The zero-order valence-electron chi connectivity index (χ0n) is 8.69. The summed E-state index contributed by atoms with van der Waals surface area (Å²) in [4.78, 5) is 8.45. The van der Waals surface area contributed by atoms with Crippen LogP contribution in [0.5, 0.6) is 0 Å². The van der Waals surface area contributed by atoms with E-state index in [1.165, 1.54) is 11.5 Å². The summed E-state index contributed by atoms with van der Waals surface area (Å²) in [6.45, 7) is 4.92. The van der Waals surface area contributed by atoms with Crippen molar-refractivity contribution >= 4 is 16.7 Å². The minimum atomic E-state index is 0.774. The molecule has 0 atom stereocenters. The number of hydrogen-bond donors (Lipinski definition) is 1. The molecular weight excluding hydrogens is 208 g/mol. The van der Waals surface area contributed by atoms with Gasteiger partial charge in [0, 0.05) is 36.0 Å². The van der Waals surface area contributed by atoms with Gasteiger partial charge in [0.2, 0.25) is 5.13 Å². The zero-order chi connectivity index (χ0) is 10.7. The Labute approximate surface area is 92.6 Å². The molecule has 0 saturated carbocycles. The molecule has 2 rings (SSSR count). The molecule has 5 heteroatoms. The van der Waals surface area contributed by atoms with Gasteiger partial charge in [0.1, 0.15) is 0 Å². The molecule has 0 fully saturated rings. The topological polar surface area (TPSA) is 50.7 Å². The minimum Gasteiger partial charge on any atom is -0.361 e. The number of hydrogen-bond acceptors (Lipinski definition) is 5. The summed E-state index contributed by atoms with van der Waals surface area (Å²) in [5, 5.41) is 4.01. The lowest BCUT2D eigenvalue weighted by molar-refractivity contribution is 1.18. The van der Waals surface area contributed by atoms with Crippen LogP contribution >= 0.6 is 11.5 Å². The predicted molar refractivity (Wildman–Crippen MR) is 62.0 cm³/mol. The van der Waals surface area contributed by atoms with Gasteiger partial charge in [-0.3, -0.25) is 4.98 Å². The van der Waals surface area contributed by atoms with Gasteiger partial charge in [-0.25, -0.2) is 0 Å². The molecule has 15 heavy (non-hydrogen) atoms. The fourth-order valence-electron chi connectivity index (χ4n) is 1.28. The van der Waals surface area contributed by atoms with Gasteiger partial charge in [-0.05, 0) is 25.5 Å². The van der Waals surface area contributed by atoms with E-state index in [0.29, 0.717) is 0 Å². The van der Waals surface area contributed by atoms with Crippen LogP contribution in [-0.2, 0) is 0 Å². The van der Waals surface area contributed by atoms with Gasteiger partial charge < -0.3 is 5.32 Å². The molecule has 0 aromatic carbocycles. The van der Waals surface area contributed by atoms with Crippen LogP contribution in [0.25, 0.3) is 11.4 Å². The Morgan fingerprint density at radius 1 is 1.47 bits per heavy atom. The minimum absolute atomic E-state index is 0.774. The van der Waals surface area contributed by atoms with E-state index in [9.17, 15) is 0 Å². The van der Waals surface area contributed by atoms with Gasteiger partial charge in [0.05, 0.1) is 0 Å². The molecule has 0 aliphatic heterocycles. The number of nitrogens with zero attached hydrogens (tertiary/aromatic N) is 3. The van der Waals surface area contributed by atoms with Crippen LogP contribution in [0.4, 0.5) is 5.13 Å². The predicted octanol–water partition coefficient (Wildman–Crippen LogP) is 2.34. The van der Waals surface area contributed by atoms with Gasteiger partial charge in [-0.2, -0.15) is 9.36 Å². The Hall–Kier alpha value is -1.49. The highest BCUT2D eigenvalue weighted by Gasteiger charge is 2.07. The molecular formula is C10H12N4S. The summed E-state index contributed by atoms with van der Waals surface area (Å²) < 4.78 is 4.31. The molecule has 0 spiro atoms. The first-order chi connectivity index (χ1) is 7.31. The normalized spacial score (nSPS) is 10.3. The highest BCUT2D eigenvalue weighted by atomic mass is 32.1. The lowest BCUT2D eigenvalue weighted by Gasteiger charge is -1.98. The summed E-state index contributed by atoms with van der Waals surface area (Å²) in [6, 6.07) is 1.94. The van der Waals surface area contributed by atoms with E-state index in [1.807, 2.05) is 26.1 Å². The maximum Gasteiger partial charge on any atom is 0.202 e. The van der Waals surface area contributed by atoms with Crippen molar-refractivity contribution in [1.82, 2.24) is 14.3 Å². The largest absolute Gasteiger partial charge is 0.361 e. The van der Waals surface area contributed by atoms with Crippen molar-refractivity contribution in [3.63, 3.8) is 0 Å². The first-order valence-corrected chi connectivity index (χ1v) is 5.57. The van der Waals surface area contributed by atoms with Crippen LogP contribution in [0, 0.1) is 6.92 Å². The number of rotatable bonds is 3. The van der Waals surface area contributed by atoms with E-state index in [0.717, 1.165) is 28.6 Å². The Morgan fingerprint density at radius 2 is 2.33 bits per heavy atom. The van der Waals surface area contributed by atoms with Crippen molar-refractivity contribution in [1.29, 1.82) is 0 Å². The standard InChI is InChI=1S/C10H12N4S/c1-3-12-10-13-9(14-15-10)8-4-5-11-6-7(8)2/h4-6H,3H2,1-2H3,(H,12,13,14). The quantitative estimate of drug-likeness (QED) is 0.862. The average molecular weight is 220 g/mol. The van der Waals surface area contributed by atoms with Crippen LogP contribution in [0.15, 0.2) is 18.5 Å². The Kier molecular flexibility index (Phi) is 2.91. The van der Waals surface area contributed by atoms with Crippen LogP contribution in [0.3, 0.4) is 0 Å². The van der Waals surface area contributed by atoms with Crippen LogP contribution in [0.1, 0.15) is 12.5 Å². The summed E-state index contributed by atoms with van der Waals surface area (Å²) in [5.41, 5.74) is 2.14. The van der Waals surface area contributed by atoms with Gasteiger partial charge >= 0.3 is 0 Å². The highest BCUT2D eigenvalue weighted by Crippen LogP contribution is 2.22. The van der Waals surface area contributed by atoms with Crippen LogP contribution in [-0.4, -0.2) is 20.9 Å². The van der Waals surface area contributed by atoms with Crippen molar-refractivity contribution in [2.24, 2.45) is 0 Å². The molecule has 1 N–H and O–H groups in total. The van der Waals surface area contributed by atoms with Crippen molar-refractivity contribution in [3.05, 3.63) is 24.0 Å². The molecule has 0 saturated heterocycles. The van der Waals surface area contributed by atoms with Gasteiger partial charge in [0.15, 0.2) is 5.82 Å². The van der Waals surface area contributed by atoms with E-state index >= 15 is 0 Å². The van der Waals surface area contributed by atoms with Gasteiger partial charge in [-0.1, -0.05) is 0 Å². The molecule has 2 aromatic heterocycles. The monoisotopic (exact) mass is 220 g/mol. The smallest absolute Gasteiger partial charge is 0.202 e. The second-order valence-corrected chi connectivity index (χ2v) is 3.90. The summed E-state index contributed by atoms with van der Waals surface area (Å²) in [5.74, 6) is 0.774. The number of aryl methyl sites for hydroxylation is 1. The summed E-state index contributed by atoms with van der Waals surface area (Å²) >= 11 is 1.39. The second kappa shape index (κ2) is 4.35. The molecule has 78 valence electrons. The van der Waals surface area contributed by atoms with E-state index in [1.54, 1.807) is 6.20 Å². The Bertz CT molecular complexity index is 452. The molecule has 0 unspecified atom stereocenters. The van der Waals surface area contributed by atoms with Gasteiger partial charge in [0.25, 0.3) is 0 Å². The third-order valence-corrected chi connectivity index (χ3v) is 2.69. The van der Waals surface area contributed by atoms with Crippen LogP contribution < -0.4 is 5.32 Å². The molecule has 0 radical (unpaired) electrons. The van der Waals surface area contributed by atoms with Crippen molar-refractivity contribution in [3.8, 4) is 11.4 Å². The maximum atomic E-state index is 4.40. The molecule has 0 bridgehead atoms. The Morgan fingerprint density at radius 3 is 3.07 bits per heavy atom. The lowest BCUT2D eigenvalue weighted by Crippen LogP contribution is -1.95. The summed E-state index contributed by atoms with van der Waals surface area (Å²) in [6.07, 6.45) is 3.58. The molecule has 0 amide bonds.